The summed E-state index contributed by atoms with van der Waals surface area (Å²) in [6, 6.07) is 7.40. The summed E-state index contributed by atoms with van der Waals surface area (Å²) < 4.78 is 4.78. The summed E-state index contributed by atoms with van der Waals surface area (Å²) >= 11 is 0. The fourth-order valence-corrected chi connectivity index (χ4v) is 1.61. The Bertz CT molecular complexity index is 625. The number of hydrogen-bond acceptors (Lipinski definition) is 6. The molecule has 0 aliphatic heterocycles. The van der Waals surface area contributed by atoms with Crippen molar-refractivity contribution in [3.05, 3.63) is 36.2 Å². The quantitative estimate of drug-likeness (QED) is 0.390. The van der Waals surface area contributed by atoms with Crippen LogP contribution in [0, 0.1) is 0 Å². The van der Waals surface area contributed by atoms with Gasteiger partial charge >= 0.3 is 5.97 Å². The van der Waals surface area contributed by atoms with Gasteiger partial charge in [0.1, 0.15) is 0 Å². The minimum atomic E-state index is -0.653. The van der Waals surface area contributed by atoms with E-state index in [2.05, 4.69) is 15.1 Å². The molecule has 1 aromatic carbocycles. The topological polar surface area (TPSA) is 84.7 Å². The van der Waals surface area contributed by atoms with Crippen molar-refractivity contribution in [3.63, 3.8) is 0 Å². The summed E-state index contributed by atoms with van der Waals surface area (Å²) in [6.45, 7) is 1.91. The van der Waals surface area contributed by atoms with Gasteiger partial charge in [-0.1, -0.05) is 17.3 Å². The number of ether oxygens (including phenoxy) is 1. The molecule has 98 valence electrons. The van der Waals surface area contributed by atoms with Crippen LogP contribution < -0.4 is 0 Å². The first-order valence-electron chi connectivity index (χ1n) is 5.83. The molecule has 0 unspecified atom stereocenters. The minimum Gasteiger partial charge on any atom is -0.461 e. The Hall–Kier alpha value is -2.50. The van der Waals surface area contributed by atoms with Crippen molar-refractivity contribution >= 4 is 22.7 Å². The van der Waals surface area contributed by atoms with E-state index >= 15 is 0 Å². The van der Waals surface area contributed by atoms with E-state index in [1.54, 1.807) is 13.1 Å². The number of esters is 1. The van der Waals surface area contributed by atoms with Crippen LogP contribution in [0.2, 0.25) is 0 Å². The third kappa shape index (κ3) is 3.04. The Balaban J connectivity index is 2.22. The van der Waals surface area contributed by atoms with E-state index in [1.807, 2.05) is 24.3 Å². The molecular formula is C13H13N3O3. The molecule has 0 bridgehead atoms. The van der Waals surface area contributed by atoms with Crippen LogP contribution in [-0.4, -0.2) is 33.5 Å². The van der Waals surface area contributed by atoms with Crippen LogP contribution in [0.4, 0.5) is 0 Å². The molecule has 1 aromatic heterocycles. The highest BCUT2D eigenvalue weighted by atomic mass is 16.5. The molecular weight excluding hydrogens is 246 g/mol. The molecule has 0 aliphatic carbocycles. The number of nitrogens with zero attached hydrogens (tertiary/aromatic N) is 3. The molecule has 2 aromatic rings. The van der Waals surface area contributed by atoms with Crippen molar-refractivity contribution in [1.29, 1.82) is 0 Å². The molecule has 1 N–H and O–H groups in total. The lowest BCUT2D eigenvalue weighted by Gasteiger charge is -2.04. The number of carbonyl (C=O) groups excluding carboxylic acids is 1. The first kappa shape index (κ1) is 12.9. The van der Waals surface area contributed by atoms with Crippen LogP contribution >= 0.6 is 0 Å². The van der Waals surface area contributed by atoms with E-state index in [0.717, 1.165) is 11.0 Å². The first-order chi connectivity index (χ1) is 9.24. The zero-order valence-electron chi connectivity index (χ0n) is 10.4. The van der Waals surface area contributed by atoms with Crippen LogP contribution in [0.1, 0.15) is 12.6 Å². The molecule has 1 heterocycles. The average molecular weight is 259 g/mol. The van der Waals surface area contributed by atoms with Gasteiger partial charge in [-0.3, -0.25) is 4.98 Å². The average Bonchev–Trinajstić information content (AvgIpc) is 2.44. The third-order valence-corrected chi connectivity index (χ3v) is 2.48. The Morgan fingerprint density at radius 2 is 2.11 bits per heavy atom. The molecule has 2 rings (SSSR count). The van der Waals surface area contributed by atoms with E-state index in [9.17, 15) is 4.79 Å². The lowest BCUT2D eigenvalue weighted by molar-refractivity contribution is -0.135. The first-order valence-corrected chi connectivity index (χ1v) is 5.83. The highest BCUT2D eigenvalue weighted by Gasteiger charge is 2.15. The molecule has 6 nitrogen and oxygen atoms in total. The Morgan fingerprint density at radius 1 is 1.37 bits per heavy atom. The van der Waals surface area contributed by atoms with Crippen LogP contribution in [0.5, 0.6) is 0 Å². The Kier molecular flexibility index (Phi) is 4.02. The molecule has 19 heavy (non-hydrogen) atoms. The van der Waals surface area contributed by atoms with Gasteiger partial charge in [-0.05, 0) is 19.1 Å². The molecule has 0 fully saturated rings. The van der Waals surface area contributed by atoms with Crippen LogP contribution in [-0.2, 0) is 16.0 Å². The van der Waals surface area contributed by atoms with Crippen molar-refractivity contribution in [2.75, 3.05) is 6.61 Å². The molecule has 0 spiro atoms. The fraction of sp³-hybridized carbons (Fsp3) is 0.231. The maximum atomic E-state index is 11.5. The molecule has 0 saturated heterocycles. The second kappa shape index (κ2) is 5.90. The van der Waals surface area contributed by atoms with Gasteiger partial charge in [0.2, 0.25) is 0 Å². The molecule has 0 atom stereocenters. The smallest absolute Gasteiger partial charge is 0.356 e. The van der Waals surface area contributed by atoms with Crippen molar-refractivity contribution < 1.29 is 14.7 Å². The van der Waals surface area contributed by atoms with E-state index in [-0.39, 0.29) is 18.7 Å². The van der Waals surface area contributed by atoms with Crippen molar-refractivity contribution in [1.82, 2.24) is 9.97 Å². The second-order valence-corrected chi connectivity index (χ2v) is 3.79. The van der Waals surface area contributed by atoms with Crippen LogP contribution in [0.15, 0.2) is 35.6 Å². The lowest BCUT2D eigenvalue weighted by atomic mass is 10.2. The van der Waals surface area contributed by atoms with Gasteiger partial charge in [0.05, 0.1) is 23.3 Å². The summed E-state index contributed by atoms with van der Waals surface area (Å²) in [4.78, 5) is 20.0. The summed E-state index contributed by atoms with van der Waals surface area (Å²) in [5, 5.41) is 11.8. The largest absolute Gasteiger partial charge is 0.461 e. The molecule has 0 aliphatic rings. The Morgan fingerprint density at radius 3 is 2.79 bits per heavy atom. The molecule has 6 heteroatoms. The van der Waals surface area contributed by atoms with Crippen molar-refractivity contribution in [2.45, 2.75) is 13.3 Å². The second-order valence-electron chi connectivity index (χ2n) is 3.79. The summed E-state index contributed by atoms with van der Waals surface area (Å²) in [5.74, 6) is -0.653. The highest BCUT2D eigenvalue weighted by Crippen LogP contribution is 2.09. The maximum Gasteiger partial charge on any atom is 0.356 e. The van der Waals surface area contributed by atoms with E-state index in [4.69, 9.17) is 9.94 Å². The van der Waals surface area contributed by atoms with Gasteiger partial charge in [-0.2, -0.15) is 0 Å². The van der Waals surface area contributed by atoms with Gasteiger partial charge < -0.3 is 9.94 Å². The minimum absolute atomic E-state index is 0.0766. The summed E-state index contributed by atoms with van der Waals surface area (Å²) in [6.07, 6.45) is 1.62. The predicted octanol–water partition coefficient (Wildman–Crippen LogP) is 1.57. The van der Waals surface area contributed by atoms with Gasteiger partial charge in [-0.25, -0.2) is 9.78 Å². The van der Waals surface area contributed by atoms with Gasteiger partial charge in [-0.15, -0.1) is 0 Å². The number of rotatable bonds is 4. The highest BCUT2D eigenvalue weighted by molar-refractivity contribution is 6.36. The summed E-state index contributed by atoms with van der Waals surface area (Å²) in [7, 11) is 0. The molecule has 0 amide bonds. The number of hydrogen-bond donors (Lipinski definition) is 1. The fourth-order valence-electron chi connectivity index (χ4n) is 1.61. The maximum absolute atomic E-state index is 11.5. The van der Waals surface area contributed by atoms with Crippen molar-refractivity contribution in [2.24, 2.45) is 5.16 Å². The number of oxime groups is 1. The van der Waals surface area contributed by atoms with Crippen molar-refractivity contribution in [3.8, 4) is 0 Å². The zero-order chi connectivity index (χ0) is 13.7. The van der Waals surface area contributed by atoms with Gasteiger partial charge in [0.25, 0.3) is 0 Å². The molecule has 0 radical (unpaired) electrons. The number of fused-ring (bicyclic) bond motifs is 1. The van der Waals surface area contributed by atoms with Crippen LogP contribution in [0.25, 0.3) is 11.0 Å². The van der Waals surface area contributed by atoms with E-state index in [1.165, 1.54) is 0 Å². The SMILES string of the molecule is CCOC(=O)/C(Cc1cnc2ccccc2n1)=N/O. The monoisotopic (exact) mass is 259 g/mol. The standard InChI is InChI=1S/C13H13N3O3/c1-2-19-13(17)12(16-18)7-9-8-14-10-5-3-4-6-11(10)15-9/h3-6,8,18H,2,7H2,1H3/b16-12+. The van der Waals surface area contributed by atoms with Gasteiger partial charge in [0.15, 0.2) is 5.71 Å². The van der Waals surface area contributed by atoms with Gasteiger partial charge in [0, 0.05) is 12.6 Å². The number of para-hydroxylation sites is 2. The lowest BCUT2D eigenvalue weighted by Crippen LogP contribution is -2.20. The Labute approximate surface area is 109 Å². The number of aromatic nitrogens is 2. The summed E-state index contributed by atoms with van der Waals surface area (Å²) in [5.41, 5.74) is 1.94. The predicted molar refractivity (Wildman–Crippen MR) is 69.1 cm³/mol. The zero-order valence-corrected chi connectivity index (χ0v) is 10.4. The number of carbonyl (C=O) groups is 1. The third-order valence-electron chi connectivity index (χ3n) is 2.48. The molecule has 0 saturated carbocycles. The number of benzene rings is 1. The van der Waals surface area contributed by atoms with E-state index < -0.39 is 5.97 Å². The normalized spacial score (nSPS) is 11.5. The van der Waals surface area contributed by atoms with Crippen LogP contribution in [0.3, 0.4) is 0 Å². The van der Waals surface area contributed by atoms with E-state index in [0.29, 0.717) is 5.69 Å².